The number of benzene rings is 2. The first kappa shape index (κ1) is 14.2. The van der Waals surface area contributed by atoms with Gasteiger partial charge in [0.25, 0.3) is 0 Å². The van der Waals surface area contributed by atoms with Crippen LogP contribution in [0.5, 0.6) is 11.5 Å². The lowest BCUT2D eigenvalue weighted by atomic mass is 10.1. The number of ketones is 1. The molecule has 0 saturated heterocycles. The minimum atomic E-state index is -0.480. The zero-order valence-corrected chi connectivity index (χ0v) is 11.1. The van der Waals surface area contributed by atoms with Crippen LogP contribution in [-0.2, 0) is 6.42 Å². The number of rotatable bonds is 5. The van der Waals surface area contributed by atoms with Gasteiger partial charge in [0.1, 0.15) is 17.3 Å². The quantitative estimate of drug-likeness (QED) is 0.850. The predicted octanol–water partition coefficient (Wildman–Crippen LogP) is 3.36. The van der Waals surface area contributed by atoms with E-state index >= 15 is 0 Å². The van der Waals surface area contributed by atoms with Crippen LogP contribution in [0.3, 0.4) is 0 Å². The van der Waals surface area contributed by atoms with Crippen molar-refractivity contribution in [2.45, 2.75) is 13.3 Å². The summed E-state index contributed by atoms with van der Waals surface area (Å²) < 4.78 is 18.9. The summed E-state index contributed by atoms with van der Waals surface area (Å²) >= 11 is 0. The summed E-state index contributed by atoms with van der Waals surface area (Å²) in [5.74, 6) is 0.116. The van der Waals surface area contributed by atoms with Gasteiger partial charge < -0.3 is 9.84 Å². The molecule has 20 heavy (non-hydrogen) atoms. The average Bonchev–Trinajstić information content (AvgIpc) is 2.43. The zero-order chi connectivity index (χ0) is 14.5. The Kier molecular flexibility index (Phi) is 4.48. The fraction of sp³-hybridized carbons (Fsp3) is 0.188. The smallest absolute Gasteiger partial charge is 0.163 e. The maximum atomic E-state index is 13.2. The summed E-state index contributed by atoms with van der Waals surface area (Å²) in [6.07, 6.45) is 0.451. The molecule has 0 aliphatic heterocycles. The van der Waals surface area contributed by atoms with Crippen LogP contribution in [0.1, 0.15) is 22.8 Å². The molecule has 2 aromatic carbocycles. The molecule has 0 aliphatic rings. The van der Waals surface area contributed by atoms with Gasteiger partial charge in [-0.15, -0.1) is 0 Å². The van der Waals surface area contributed by atoms with Gasteiger partial charge in [-0.1, -0.05) is 18.2 Å². The molecular formula is C16H15FO3. The van der Waals surface area contributed by atoms with Crippen LogP contribution in [0.15, 0.2) is 42.5 Å². The summed E-state index contributed by atoms with van der Waals surface area (Å²) in [7, 11) is 0. The first-order chi connectivity index (χ1) is 9.61. The van der Waals surface area contributed by atoms with Crippen LogP contribution in [0.2, 0.25) is 0 Å². The van der Waals surface area contributed by atoms with E-state index in [1.165, 1.54) is 19.1 Å². The number of carbonyl (C=O) groups excluding carboxylic acids is 1. The highest BCUT2D eigenvalue weighted by Gasteiger charge is 2.12. The second-order valence-electron chi connectivity index (χ2n) is 4.38. The molecule has 0 fully saturated rings. The Labute approximate surface area is 116 Å². The highest BCUT2D eigenvalue weighted by atomic mass is 19.1. The summed E-state index contributed by atoms with van der Waals surface area (Å²) in [6.45, 7) is 1.37. The molecule has 0 bridgehead atoms. The van der Waals surface area contributed by atoms with Gasteiger partial charge in [-0.2, -0.15) is 0 Å². The molecule has 0 heterocycles. The van der Waals surface area contributed by atoms with E-state index in [4.69, 9.17) is 9.84 Å². The van der Waals surface area contributed by atoms with E-state index in [0.717, 1.165) is 11.6 Å². The second-order valence-corrected chi connectivity index (χ2v) is 4.38. The van der Waals surface area contributed by atoms with Crippen LogP contribution in [0, 0.1) is 5.82 Å². The number of hydrogen-bond acceptors (Lipinski definition) is 3. The van der Waals surface area contributed by atoms with E-state index in [2.05, 4.69) is 0 Å². The van der Waals surface area contributed by atoms with Crippen molar-refractivity contribution in [2.24, 2.45) is 0 Å². The molecule has 0 saturated carbocycles. The van der Waals surface area contributed by atoms with Crippen LogP contribution in [-0.4, -0.2) is 17.5 Å². The minimum Gasteiger partial charge on any atom is -0.456 e. The first-order valence-corrected chi connectivity index (χ1v) is 6.29. The number of hydrogen-bond donors (Lipinski definition) is 1. The van der Waals surface area contributed by atoms with Crippen LogP contribution >= 0.6 is 0 Å². The Morgan fingerprint density at radius 2 is 1.95 bits per heavy atom. The number of carbonyl (C=O) groups is 1. The SMILES string of the molecule is CC(=O)c1cc(F)ccc1Oc1ccccc1CCO. The zero-order valence-electron chi connectivity index (χ0n) is 11.1. The fourth-order valence-corrected chi connectivity index (χ4v) is 1.92. The molecule has 3 nitrogen and oxygen atoms in total. The number of Topliss-reactive ketones (excluding diaryl/α,β-unsaturated/α-hetero) is 1. The molecular weight excluding hydrogens is 259 g/mol. The van der Waals surface area contributed by atoms with E-state index in [9.17, 15) is 9.18 Å². The average molecular weight is 274 g/mol. The van der Waals surface area contributed by atoms with E-state index in [1.807, 2.05) is 12.1 Å². The number of aliphatic hydroxyl groups excluding tert-OH is 1. The molecule has 0 aromatic heterocycles. The number of halogens is 1. The van der Waals surface area contributed by atoms with Gasteiger partial charge in [-0.3, -0.25) is 4.79 Å². The molecule has 2 aromatic rings. The van der Waals surface area contributed by atoms with E-state index in [1.54, 1.807) is 12.1 Å². The monoisotopic (exact) mass is 274 g/mol. The number of aliphatic hydroxyl groups is 1. The third-order valence-corrected chi connectivity index (χ3v) is 2.89. The van der Waals surface area contributed by atoms with Crippen molar-refractivity contribution < 1.29 is 19.0 Å². The molecule has 104 valence electrons. The van der Waals surface area contributed by atoms with Gasteiger partial charge in [0, 0.05) is 6.61 Å². The van der Waals surface area contributed by atoms with E-state index in [0.29, 0.717) is 17.9 Å². The molecule has 0 spiro atoms. The van der Waals surface area contributed by atoms with Crippen molar-refractivity contribution in [1.82, 2.24) is 0 Å². The standard InChI is InChI=1S/C16H15FO3/c1-11(19)14-10-13(17)6-7-16(14)20-15-5-3-2-4-12(15)8-9-18/h2-7,10,18H,8-9H2,1H3. The topological polar surface area (TPSA) is 46.5 Å². The third kappa shape index (κ3) is 3.22. The fourth-order valence-electron chi connectivity index (χ4n) is 1.92. The third-order valence-electron chi connectivity index (χ3n) is 2.89. The largest absolute Gasteiger partial charge is 0.456 e. The first-order valence-electron chi connectivity index (χ1n) is 6.29. The Hall–Kier alpha value is -2.20. The Balaban J connectivity index is 2.37. The van der Waals surface area contributed by atoms with Gasteiger partial charge in [-0.25, -0.2) is 4.39 Å². The van der Waals surface area contributed by atoms with Crippen molar-refractivity contribution >= 4 is 5.78 Å². The molecule has 0 amide bonds. The van der Waals surface area contributed by atoms with Gasteiger partial charge in [0.2, 0.25) is 0 Å². The maximum absolute atomic E-state index is 13.2. The Morgan fingerprint density at radius 1 is 1.20 bits per heavy atom. The lowest BCUT2D eigenvalue weighted by molar-refractivity contribution is 0.101. The molecule has 0 radical (unpaired) electrons. The predicted molar refractivity (Wildman–Crippen MR) is 73.7 cm³/mol. The molecule has 0 aliphatic carbocycles. The van der Waals surface area contributed by atoms with Gasteiger partial charge >= 0.3 is 0 Å². The Morgan fingerprint density at radius 3 is 2.65 bits per heavy atom. The summed E-state index contributed by atoms with van der Waals surface area (Å²) in [5, 5.41) is 9.03. The van der Waals surface area contributed by atoms with Gasteiger partial charge in [-0.05, 0) is 43.2 Å². The lowest BCUT2D eigenvalue weighted by Gasteiger charge is -2.12. The van der Waals surface area contributed by atoms with Crippen molar-refractivity contribution in [2.75, 3.05) is 6.61 Å². The summed E-state index contributed by atoms with van der Waals surface area (Å²) in [6, 6.07) is 11.1. The van der Waals surface area contributed by atoms with Gasteiger partial charge in [0.05, 0.1) is 5.56 Å². The highest BCUT2D eigenvalue weighted by molar-refractivity contribution is 5.96. The highest BCUT2D eigenvalue weighted by Crippen LogP contribution is 2.29. The molecule has 4 heteroatoms. The van der Waals surface area contributed by atoms with Crippen molar-refractivity contribution in [3.05, 3.63) is 59.4 Å². The number of para-hydroxylation sites is 1. The van der Waals surface area contributed by atoms with Crippen LogP contribution in [0.25, 0.3) is 0 Å². The maximum Gasteiger partial charge on any atom is 0.163 e. The summed E-state index contributed by atoms with van der Waals surface area (Å²) in [4.78, 5) is 11.5. The van der Waals surface area contributed by atoms with E-state index in [-0.39, 0.29) is 18.0 Å². The Bertz CT molecular complexity index is 623. The van der Waals surface area contributed by atoms with Crippen molar-refractivity contribution in [3.8, 4) is 11.5 Å². The molecule has 2 rings (SSSR count). The van der Waals surface area contributed by atoms with Crippen LogP contribution in [0.4, 0.5) is 4.39 Å². The summed E-state index contributed by atoms with van der Waals surface area (Å²) in [5.41, 5.74) is 1.03. The van der Waals surface area contributed by atoms with Crippen molar-refractivity contribution in [1.29, 1.82) is 0 Å². The second kappa shape index (κ2) is 6.30. The van der Waals surface area contributed by atoms with E-state index < -0.39 is 5.82 Å². The lowest BCUT2D eigenvalue weighted by Crippen LogP contribution is -2.00. The van der Waals surface area contributed by atoms with Gasteiger partial charge in [0.15, 0.2) is 5.78 Å². The number of ether oxygens (including phenoxy) is 1. The molecule has 0 unspecified atom stereocenters. The normalized spacial score (nSPS) is 10.3. The minimum absolute atomic E-state index is 0.00333. The molecule has 1 N–H and O–H groups in total. The molecule has 0 atom stereocenters. The van der Waals surface area contributed by atoms with Crippen molar-refractivity contribution in [3.63, 3.8) is 0 Å². The van der Waals surface area contributed by atoms with Crippen LogP contribution < -0.4 is 4.74 Å².